The summed E-state index contributed by atoms with van der Waals surface area (Å²) in [5.41, 5.74) is 8.61. The van der Waals surface area contributed by atoms with Crippen LogP contribution in [-0.2, 0) is 11.2 Å². The van der Waals surface area contributed by atoms with Crippen LogP contribution in [0.3, 0.4) is 0 Å². The zero-order chi connectivity index (χ0) is 27.0. The second-order valence-electron chi connectivity index (χ2n) is 12.8. The van der Waals surface area contributed by atoms with Crippen LogP contribution in [-0.4, -0.2) is 34.5 Å². The van der Waals surface area contributed by atoms with Gasteiger partial charge in [-0.1, -0.05) is 66.1 Å². The molecule has 5 atom stereocenters. The average Bonchev–Trinajstić information content (AvgIpc) is 3.22. The molecular weight excluding hydrogens is 500 g/mol. The van der Waals surface area contributed by atoms with E-state index < -0.39 is 5.60 Å². The highest BCUT2D eigenvalue weighted by Gasteiger charge is 2.63. The molecule has 4 heteroatoms. The van der Waals surface area contributed by atoms with Crippen LogP contribution in [0.1, 0.15) is 68.9 Å². The monoisotopic (exact) mass is 538 g/mol. The lowest BCUT2D eigenvalue weighted by atomic mass is 9.45. The molecule has 0 saturated heterocycles. The molecule has 202 valence electrons. The smallest absolute Gasteiger partial charge is 0.155 e. The minimum absolute atomic E-state index is 0.0464. The molecule has 1 spiro atoms. The lowest BCUT2D eigenvalue weighted by molar-refractivity contribution is -0.115. The van der Waals surface area contributed by atoms with Crippen molar-refractivity contribution in [3.63, 3.8) is 0 Å². The number of ketones is 1. The van der Waals surface area contributed by atoms with E-state index in [1.807, 2.05) is 12.2 Å². The highest BCUT2D eigenvalue weighted by molar-refractivity contribution is 7.98. The summed E-state index contributed by atoms with van der Waals surface area (Å²) in [4.78, 5) is 13.9. The van der Waals surface area contributed by atoms with Crippen LogP contribution < -0.4 is 0 Å². The van der Waals surface area contributed by atoms with Gasteiger partial charge in [0.05, 0.1) is 12.2 Å². The number of carbonyl (C=O) groups excluding carboxylic acids is 1. The van der Waals surface area contributed by atoms with Crippen LogP contribution >= 0.6 is 11.8 Å². The Kier molecular flexibility index (Phi) is 5.94. The summed E-state index contributed by atoms with van der Waals surface area (Å²) < 4.78 is 0. The first-order chi connectivity index (χ1) is 18.8. The van der Waals surface area contributed by atoms with Gasteiger partial charge in [0.25, 0.3) is 0 Å². The number of hydrogen-bond donors (Lipinski definition) is 2. The zero-order valence-electron chi connectivity index (χ0n) is 23.0. The van der Waals surface area contributed by atoms with Crippen molar-refractivity contribution in [2.45, 2.75) is 74.7 Å². The highest BCUT2D eigenvalue weighted by atomic mass is 32.2. The van der Waals surface area contributed by atoms with Gasteiger partial charge in [-0.05, 0) is 97.6 Å². The van der Waals surface area contributed by atoms with E-state index in [0.29, 0.717) is 12.3 Å². The van der Waals surface area contributed by atoms with Gasteiger partial charge in [0.1, 0.15) is 0 Å². The van der Waals surface area contributed by atoms with E-state index in [4.69, 9.17) is 0 Å². The molecule has 3 nitrogen and oxygen atoms in total. The van der Waals surface area contributed by atoms with Crippen molar-refractivity contribution in [1.29, 1.82) is 0 Å². The first kappa shape index (κ1) is 25.6. The number of aliphatic hydroxyl groups is 2. The lowest BCUT2D eigenvalue weighted by Gasteiger charge is -2.59. The van der Waals surface area contributed by atoms with Crippen LogP contribution in [0.5, 0.6) is 0 Å². The fourth-order valence-electron chi connectivity index (χ4n) is 9.30. The third-order valence-electron chi connectivity index (χ3n) is 11.2. The summed E-state index contributed by atoms with van der Waals surface area (Å²) in [6.07, 6.45) is 14.8. The van der Waals surface area contributed by atoms with Crippen LogP contribution in [0.2, 0.25) is 0 Å². The molecule has 2 aromatic carbocycles. The van der Waals surface area contributed by atoms with Gasteiger partial charge < -0.3 is 10.2 Å². The molecule has 0 aromatic heterocycles. The Balaban J connectivity index is 1.41. The Hall–Kier alpha value is -2.40. The average molecular weight is 539 g/mol. The minimum Gasteiger partial charge on any atom is -0.392 e. The molecule has 7 rings (SSSR count). The fourth-order valence-corrected chi connectivity index (χ4v) is 9.70. The van der Waals surface area contributed by atoms with Crippen molar-refractivity contribution >= 4 is 17.5 Å². The molecule has 5 aliphatic rings. The molecule has 5 aliphatic carbocycles. The van der Waals surface area contributed by atoms with Gasteiger partial charge in [-0.25, -0.2) is 0 Å². The van der Waals surface area contributed by atoms with Gasteiger partial charge in [-0.3, -0.25) is 4.79 Å². The Morgan fingerprint density at radius 1 is 1.05 bits per heavy atom. The van der Waals surface area contributed by atoms with Gasteiger partial charge in [0.15, 0.2) is 5.78 Å². The summed E-state index contributed by atoms with van der Waals surface area (Å²) >= 11 is 1.76. The molecule has 1 fully saturated rings. The molecular formula is C35H38O3S. The number of allylic oxidation sites excluding steroid dienone is 4. The first-order valence-corrected chi connectivity index (χ1v) is 15.8. The topological polar surface area (TPSA) is 57.5 Å². The second kappa shape index (κ2) is 9.06. The maximum absolute atomic E-state index is 12.6. The van der Waals surface area contributed by atoms with Crippen LogP contribution in [0, 0.1) is 16.7 Å². The SMILES string of the molecule is CSc1ccc(-c2ccc3c(c2)C[C@]24CCC(=O)C=C2CCC2=C4C3C[C@@]3(C)[C@H]2CC[C@@]3(O)/C=C\CO)cc1. The summed E-state index contributed by atoms with van der Waals surface area (Å²) in [7, 11) is 0. The van der Waals surface area contributed by atoms with Crippen LogP contribution in [0.25, 0.3) is 11.1 Å². The number of hydrogen-bond acceptors (Lipinski definition) is 4. The van der Waals surface area contributed by atoms with E-state index in [0.717, 1.165) is 44.9 Å². The number of carbonyl (C=O) groups is 1. The normalized spacial score (nSPS) is 34.9. The third-order valence-corrected chi connectivity index (χ3v) is 11.9. The van der Waals surface area contributed by atoms with Crippen molar-refractivity contribution in [2.75, 3.05) is 12.9 Å². The molecule has 1 saturated carbocycles. The molecule has 2 N–H and O–H groups in total. The van der Waals surface area contributed by atoms with E-state index in [1.54, 1.807) is 29.0 Å². The summed E-state index contributed by atoms with van der Waals surface area (Å²) in [6.45, 7) is 2.25. The Morgan fingerprint density at radius 2 is 1.85 bits per heavy atom. The van der Waals surface area contributed by atoms with Gasteiger partial charge in [-0.2, -0.15) is 0 Å². The number of fused-ring (bicyclic) bond motifs is 4. The Morgan fingerprint density at radius 3 is 2.62 bits per heavy atom. The van der Waals surface area contributed by atoms with Gasteiger partial charge in [-0.15, -0.1) is 11.8 Å². The molecule has 0 aliphatic heterocycles. The summed E-state index contributed by atoms with van der Waals surface area (Å²) in [5.74, 6) is 0.889. The van der Waals surface area contributed by atoms with Crippen molar-refractivity contribution in [1.82, 2.24) is 0 Å². The molecule has 39 heavy (non-hydrogen) atoms. The maximum Gasteiger partial charge on any atom is 0.155 e. The number of thioether (sulfide) groups is 1. The van der Waals surface area contributed by atoms with E-state index in [-0.39, 0.29) is 29.1 Å². The van der Waals surface area contributed by atoms with E-state index in [9.17, 15) is 15.0 Å². The Bertz CT molecular complexity index is 1450. The van der Waals surface area contributed by atoms with Crippen LogP contribution in [0.4, 0.5) is 0 Å². The second-order valence-corrected chi connectivity index (χ2v) is 13.6. The molecule has 0 amide bonds. The van der Waals surface area contributed by atoms with Crippen molar-refractivity contribution in [3.05, 3.63) is 88.5 Å². The zero-order valence-corrected chi connectivity index (χ0v) is 23.8. The standard InChI is InChI=1S/C35H38O3S/c1-33-21-30-28-10-6-23(22-4-8-27(39-2)9-5-22)18-24(28)20-34-15-12-26(37)19-25(34)7-11-29(32(30)34)31(33)13-16-35(33,38)14-3-17-36/h3-6,8-10,14,18-19,30-31,36,38H,7,11-13,15-17,20-21H2,1-2H3/b14-3-/t30?,31-,33-,34+,35-/m0/s1. The van der Waals surface area contributed by atoms with E-state index in [2.05, 4.69) is 55.6 Å². The first-order valence-electron chi connectivity index (χ1n) is 14.6. The van der Waals surface area contributed by atoms with Gasteiger partial charge in [0.2, 0.25) is 0 Å². The Labute approximate surface area is 236 Å². The van der Waals surface area contributed by atoms with Gasteiger partial charge >= 0.3 is 0 Å². The highest BCUT2D eigenvalue weighted by Crippen LogP contribution is 2.70. The number of benzene rings is 2. The number of rotatable bonds is 4. The molecule has 0 bridgehead atoms. The molecule has 0 radical (unpaired) electrons. The lowest BCUT2D eigenvalue weighted by Crippen LogP contribution is -2.52. The largest absolute Gasteiger partial charge is 0.392 e. The molecule has 0 heterocycles. The van der Waals surface area contributed by atoms with Crippen molar-refractivity contribution < 1.29 is 15.0 Å². The predicted molar refractivity (Wildman–Crippen MR) is 158 cm³/mol. The minimum atomic E-state index is -0.915. The fraction of sp³-hybridized carbons (Fsp3) is 0.457. The van der Waals surface area contributed by atoms with Gasteiger partial charge in [0, 0.05) is 28.1 Å². The summed E-state index contributed by atoms with van der Waals surface area (Å²) in [6, 6.07) is 15.9. The maximum atomic E-state index is 12.6. The quantitative estimate of drug-likeness (QED) is 0.320. The van der Waals surface area contributed by atoms with E-state index >= 15 is 0 Å². The van der Waals surface area contributed by atoms with Crippen molar-refractivity contribution in [2.24, 2.45) is 16.7 Å². The molecule has 1 unspecified atom stereocenters. The molecule has 2 aromatic rings. The van der Waals surface area contributed by atoms with Crippen LogP contribution in [0.15, 0.2) is 82.3 Å². The third kappa shape index (κ3) is 3.60. The van der Waals surface area contributed by atoms with Crippen molar-refractivity contribution in [3.8, 4) is 11.1 Å². The number of aliphatic hydroxyl groups excluding tert-OH is 1. The predicted octanol–water partition coefficient (Wildman–Crippen LogP) is 7.18. The van der Waals surface area contributed by atoms with E-state index in [1.165, 1.54) is 32.7 Å². The summed E-state index contributed by atoms with van der Waals surface area (Å²) in [5, 5.41) is 21.6.